The van der Waals surface area contributed by atoms with Gasteiger partial charge in [-0.25, -0.2) is 4.79 Å². The first kappa shape index (κ1) is 30.0. The van der Waals surface area contributed by atoms with Crippen molar-refractivity contribution in [3.05, 3.63) is 65.2 Å². The number of anilines is 1. The highest BCUT2D eigenvalue weighted by atomic mass is 32.2. The Hall–Kier alpha value is -3.46. The summed E-state index contributed by atoms with van der Waals surface area (Å²) in [5, 5.41) is 5.89. The molecule has 1 atom stereocenters. The summed E-state index contributed by atoms with van der Waals surface area (Å²) in [6.45, 7) is 3.41. The van der Waals surface area contributed by atoms with Crippen molar-refractivity contribution < 1.29 is 19.1 Å². The number of urea groups is 1. The fraction of sp³-hybridized carbons (Fsp3) is 0.485. The van der Waals surface area contributed by atoms with Crippen molar-refractivity contribution in [1.29, 1.82) is 0 Å². The van der Waals surface area contributed by atoms with Crippen molar-refractivity contribution in [2.24, 2.45) is 0 Å². The third-order valence-corrected chi connectivity index (χ3v) is 9.61. The number of hydrogen-bond acceptors (Lipinski definition) is 5. The SMILES string of the molecule is CNC(=O)c1ccc2c(c1)C(N(CCC1=CCCCC1)C(=O)Nc1cccc(SC)c1)CC1(CCN(C(C)=O)CC1)O2. The van der Waals surface area contributed by atoms with Crippen LogP contribution in [0, 0.1) is 0 Å². The van der Waals surface area contributed by atoms with Crippen LogP contribution in [0.1, 0.15) is 80.3 Å². The molecule has 2 heterocycles. The fourth-order valence-electron chi connectivity index (χ4n) is 6.43. The molecular weight excluding hydrogens is 548 g/mol. The van der Waals surface area contributed by atoms with E-state index in [1.165, 1.54) is 18.4 Å². The van der Waals surface area contributed by atoms with E-state index in [9.17, 15) is 14.4 Å². The summed E-state index contributed by atoms with van der Waals surface area (Å²) in [6.07, 6.45) is 11.7. The van der Waals surface area contributed by atoms with Gasteiger partial charge >= 0.3 is 6.03 Å². The highest BCUT2D eigenvalue weighted by Gasteiger charge is 2.46. The minimum absolute atomic E-state index is 0.0714. The normalized spacial score (nSPS) is 19.3. The van der Waals surface area contributed by atoms with E-state index in [2.05, 4.69) is 16.7 Å². The Bertz CT molecular complexity index is 1350. The number of allylic oxidation sites excluding steroid dienone is 1. The number of carbonyl (C=O) groups excluding carboxylic acids is 3. The van der Waals surface area contributed by atoms with Crippen LogP contribution in [0.15, 0.2) is 59.0 Å². The van der Waals surface area contributed by atoms with Crippen LogP contribution in [0.25, 0.3) is 0 Å². The summed E-state index contributed by atoms with van der Waals surface area (Å²) < 4.78 is 6.72. The maximum Gasteiger partial charge on any atom is 0.322 e. The number of benzene rings is 2. The van der Waals surface area contributed by atoms with Gasteiger partial charge in [0.1, 0.15) is 11.4 Å². The summed E-state index contributed by atoms with van der Waals surface area (Å²) in [5.74, 6) is 0.597. The Morgan fingerprint density at radius 1 is 1.12 bits per heavy atom. The highest BCUT2D eigenvalue weighted by molar-refractivity contribution is 7.98. The van der Waals surface area contributed by atoms with E-state index in [1.807, 2.05) is 52.5 Å². The molecule has 0 aromatic heterocycles. The summed E-state index contributed by atoms with van der Waals surface area (Å²) in [6, 6.07) is 13.0. The van der Waals surface area contributed by atoms with Gasteiger partial charge in [0.05, 0.1) is 6.04 Å². The van der Waals surface area contributed by atoms with Crippen molar-refractivity contribution in [3.63, 3.8) is 0 Å². The molecule has 1 fully saturated rings. The molecule has 1 unspecified atom stereocenters. The van der Waals surface area contributed by atoms with Gasteiger partial charge in [-0.1, -0.05) is 17.7 Å². The first-order valence-electron chi connectivity index (χ1n) is 15.0. The van der Waals surface area contributed by atoms with Crippen LogP contribution in [0.2, 0.25) is 0 Å². The predicted molar refractivity (Wildman–Crippen MR) is 167 cm³/mol. The smallest absolute Gasteiger partial charge is 0.322 e. The van der Waals surface area contributed by atoms with Crippen LogP contribution in [-0.4, -0.2) is 66.2 Å². The van der Waals surface area contributed by atoms with Gasteiger partial charge in [-0.05, 0) is 74.8 Å². The fourth-order valence-corrected chi connectivity index (χ4v) is 6.89. The monoisotopic (exact) mass is 590 g/mol. The zero-order valence-electron chi connectivity index (χ0n) is 24.9. The lowest BCUT2D eigenvalue weighted by atomic mass is 9.79. The van der Waals surface area contributed by atoms with E-state index in [1.54, 1.807) is 31.8 Å². The topological polar surface area (TPSA) is 91.0 Å². The second-order valence-electron chi connectivity index (χ2n) is 11.6. The number of likely N-dealkylation sites (tertiary alicyclic amines) is 1. The van der Waals surface area contributed by atoms with Gasteiger partial charge in [0.2, 0.25) is 5.91 Å². The molecule has 8 nitrogen and oxygen atoms in total. The standard InChI is InChI=1S/C33H42N4O4S/c1-23(38)36-18-15-33(16-19-36)22-29(28-20-25(31(39)34-2)12-13-30(28)41-33)37(17-14-24-8-5-4-6-9-24)32(40)35-26-10-7-11-27(21-26)42-3/h7-8,10-13,20-21,29H,4-6,9,14-19,22H2,1-3H3,(H,34,39)(H,35,40). The number of piperidine rings is 1. The third-order valence-electron chi connectivity index (χ3n) is 8.89. The number of thioether (sulfide) groups is 1. The van der Waals surface area contributed by atoms with E-state index in [0.29, 0.717) is 50.2 Å². The molecule has 0 saturated carbocycles. The molecule has 1 aliphatic carbocycles. The Kier molecular flexibility index (Phi) is 9.46. The molecule has 5 rings (SSSR count). The Labute approximate surface area is 253 Å². The van der Waals surface area contributed by atoms with E-state index < -0.39 is 5.60 Å². The first-order chi connectivity index (χ1) is 20.3. The van der Waals surface area contributed by atoms with Gasteiger partial charge in [-0.3, -0.25) is 9.59 Å². The predicted octanol–water partition coefficient (Wildman–Crippen LogP) is 6.40. The van der Waals surface area contributed by atoms with Gasteiger partial charge in [0, 0.05) is 74.6 Å². The zero-order chi connectivity index (χ0) is 29.7. The average molecular weight is 591 g/mol. The van der Waals surface area contributed by atoms with E-state index in [4.69, 9.17) is 4.74 Å². The summed E-state index contributed by atoms with van der Waals surface area (Å²) in [5.41, 5.74) is 3.04. The number of nitrogens with zero attached hydrogens (tertiary/aromatic N) is 2. The Morgan fingerprint density at radius 2 is 1.93 bits per heavy atom. The number of carbonyl (C=O) groups is 3. The molecule has 2 aromatic carbocycles. The van der Waals surface area contributed by atoms with E-state index >= 15 is 0 Å². The molecule has 1 saturated heterocycles. The van der Waals surface area contributed by atoms with Gasteiger partial charge < -0.3 is 25.2 Å². The molecule has 0 bridgehead atoms. The minimum atomic E-state index is -0.500. The van der Waals surface area contributed by atoms with Crippen molar-refractivity contribution in [3.8, 4) is 5.75 Å². The average Bonchev–Trinajstić information content (AvgIpc) is 3.01. The third kappa shape index (κ3) is 6.77. The van der Waals surface area contributed by atoms with Crippen molar-refractivity contribution in [1.82, 2.24) is 15.1 Å². The van der Waals surface area contributed by atoms with Crippen LogP contribution in [0.5, 0.6) is 5.75 Å². The minimum Gasteiger partial charge on any atom is -0.487 e. The van der Waals surface area contributed by atoms with Gasteiger partial charge in [-0.15, -0.1) is 11.8 Å². The quantitative estimate of drug-likeness (QED) is 0.288. The van der Waals surface area contributed by atoms with Crippen LogP contribution in [0.4, 0.5) is 10.5 Å². The molecule has 1 spiro atoms. The van der Waals surface area contributed by atoms with Gasteiger partial charge in [0.15, 0.2) is 0 Å². The van der Waals surface area contributed by atoms with Crippen molar-refractivity contribution in [2.75, 3.05) is 38.3 Å². The molecular formula is C33H42N4O4S. The van der Waals surface area contributed by atoms with Crippen molar-refractivity contribution in [2.45, 2.75) is 74.8 Å². The molecule has 2 N–H and O–H groups in total. The number of fused-ring (bicyclic) bond motifs is 1. The lowest BCUT2D eigenvalue weighted by molar-refractivity contribution is -0.133. The maximum atomic E-state index is 14.2. The summed E-state index contributed by atoms with van der Waals surface area (Å²) >= 11 is 1.63. The molecule has 3 aliphatic rings. The number of amides is 4. The van der Waals surface area contributed by atoms with Crippen LogP contribution < -0.4 is 15.4 Å². The van der Waals surface area contributed by atoms with E-state index in [0.717, 1.165) is 35.4 Å². The van der Waals surface area contributed by atoms with Crippen LogP contribution in [0.3, 0.4) is 0 Å². The number of hydrogen-bond donors (Lipinski definition) is 2. The Morgan fingerprint density at radius 3 is 2.62 bits per heavy atom. The van der Waals surface area contributed by atoms with E-state index in [-0.39, 0.29) is 23.9 Å². The Balaban J connectivity index is 1.51. The molecule has 42 heavy (non-hydrogen) atoms. The molecule has 2 aromatic rings. The molecule has 9 heteroatoms. The number of rotatable bonds is 7. The number of ether oxygens (including phenoxy) is 1. The second kappa shape index (κ2) is 13.2. The largest absolute Gasteiger partial charge is 0.487 e. The lowest BCUT2D eigenvalue weighted by Gasteiger charge is -2.49. The molecule has 0 radical (unpaired) electrons. The second-order valence-corrected chi connectivity index (χ2v) is 12.4. The maximum absolute atomic E-state index is 14.2. The zero-order valence-corrected chi connectivity index (χ0v) is 25.7. The van der Waals surface area contributed by atoms with Crippen LogP contribution in [-0.2, 0) is 4.79 Å². The van der Waals surface area contributed by atoms with Gasteiger partial charge in [0.25, 0.3) is 5.91 Å². The summed E-state index contributed by atoms with van der Waals surface area (Å²) in [4.78, 5) is 43.8. The number of nitrogens with one attached hydrogen (secondary N) is 2. The van der Waals surface area contributed by atoms with Crippen LogP contribution >= 0.6 is 11.8 Å². The summed E-state index contributed by atoms with van der Waals surface area (Å²) in [7, 11) is 1.62. The first-order valence-corrected chi connectivity index (χ1v) is 16.2. The molecule has 2 aliphatic heterocycles. The molecule has 4 amide bonds. The van der Waals surface area contributed by atoms with Crippen molar-refractivity contribution >= 4 is 35.3 Å². The highest BCUT2D eigenvalue weighted by Crippen LogP contribution is 2.47. The van der Waals surface area contributed by atoms with Gasteiger partial charge in [-0.2, -0.15) is 0 Å². The molecule has 224 valence electrons. The lowest BCUT2D eigenvalue weighted by Crippen LogP contribution is -2.54.